The van der Waals surface area contributed by atoms with Gasteiger partial charge >= 0.3 is 0 Å². The molecule has 0 aliphatic carbocycles. The van der Waals surface area contributed by atoms with Crippen molar-refractivity contribution in [2.45, 2.75) is 25.0 Å². The van der Waals surface area contributed by atoms with Gasteiger partial charge in [-0.2, -0.15) is 0 Å². The van der Waals surface area contributed by atoms with E-state index >= 15 is 0 Å². The van der Waals surface area contributed by atoms with Crippen LogP contribution in [0.4, 0.5) is 0 Å². The number of hydrogen-bond donors (Lipinski definition) is 1. The molecule has 2 N–H and O–H groups in total. The van der Waals surface area contributed by atoms with E-state index in [9.17, 15) is 4.79 Å². The maximum atomic E-state index is 11.4. The molecule has 1 heterocycles. The third kappa shape index (κ3) is 4.01. The van der Waals surface area contributed by atoms with Gasteiger partial charge in [-0.15, -0.1) is 10.2 Å². The molecule has 1 rings (SSSR count). The predicted octanol–water partition coefficient (Wildman–Crippen LogP) is 0.116. The van der Waals surface area contributed by atoms with Crippen molar-refractivity contribution >= 4 is 17.7 Å². The van der Waals surface area contributed by atoms with E-state index in [0.717, 1.165) is 11.0 Å². The van der Waals surface area contributed by atoms with Crippen LogP contribution < -0.4 is 5.73 Å². The van der Waals surface area contributed by atoms with E-state index in [2.05, 4.69) is 10.2 Å². The Morgan fingerprint density at radius 2 is 2.18 bits per heavy atom. The first-order valence-electron chi connectivity index (χ1n) is 5.49. The molecule has 6 nitrogen and oxygen atoms in total. The van der Waals surface area contributed by atoms with Crippen LogP contribution in [-0.2, 0) is 11.3 Å². The highest BCUT2D eigenvalue weighted by atomic mass is 32.2. The molecule has 7 heteroatoms. The Morgan fingerprint density at radius 3 is 2.76 bits per heavy atom. The quantitative estimate of drug-likeness (QED) is 0.732. The van der Waals surface area contributed by atoms with Crippen LogP contribution in [-0.4, -0.2) is 52.0 Å². The SMILES string of the molecule is Cc1nnc(SCCC(=O)N(C)C)n1CCN. The average molecular weight is 257 g/mol. The van der Waals surface area contributed by atoms with Crippen molar-refractivity contribution in [3.63, 3.8) is 0 Å². The second-order valence-corrected chi connectivity index (χ2v) is 4.92. The standard InChI is InChI=1S/C10H19N5OS/c1-8-12-13-10(15(8)6-5-11)17-7-4-9(16)14(2)3/h4-7,11H2,1-3H3. The summed E-state index contributed by atoms with van der Waals surface area (Å²) in [6, 6.07) is 0. The summed E-state index contributed by atoms with van der Waals surface area (Å²) in [6.45, 7) is 3.17. The zero-order valence-corrected chi connectivity index (χ0v) is 11.3. The highest BCUT2D eigenvalue weighted by molar-refractivity contribution is 7.99. The third-order valence-electron chi connectivity index (χ3n) is 2.30. The number of hydrogen-bond acceptors (Lipinski definition) is 5. The van der Waals surface area contributed by atoms with Crippen LogP contribution >= 0.6 is 11.8 Å². The second-order valence-electron chi connectivity index (χ2n) is 3.86. The Kier molecular flexibility index (Phi) is 5.43. The lowest BCUT2D eigenvalue weighted by Crippen LogP contribution is -2.21. The zero-order chi connectivity index (χ0) is 12.8. The summed E-state index contributed by atoms with van der Waals surface area (Å²) in [4.78, 5) is 13.0. The Labute approximate surface area is 106 Å². The van der Waals surface area contributed by atoms with Crippen LogP contribution in [0.25, 0.3) is 0 Å². The van der Waals surface area contributed by atoms with Crippen LogP contribution in [0.15, 0.2) is 5.16 Å². The maximum Gasteiger partial charge on any atom is 0.222 e. The van der Waals surface area contributed by atoms with Crippen molar-refractivity contribution in [3.05, 3.63) is 5.82 Å². The van der Waals surface area contributed by atoms with Gasteiger partial charge < -0.3 is 15.2 Å². The first-order chi connectivity index (χ1) is 8.06. The van der Waals surface area contributed by atoms with E-state index in [1.54, 1.807) is 19.0 Å². The van der Waals surface area contributed by atoms with E-state index < -0.39 is 0 Å². The molecule has 1 aromatic heterocycles. The van der Waals surface area contributed by atoms with E-state index in [1.165, 1.54) is 11.8 Å². The third-order valence-corrected chi connectivity index (χ3v) is 3.27. The molecular formula is C10H19N5OS. The van der Waals surface area contributed by atoms with Crippen molar-refractivity contribution in [3.8, 4) is 0 Å². The molecule has 0 fully saturated rings. The number of carbonyl (C=O) groups excluding carboxylic acids is 1. The van der Waals surface area contributed by atoms with Crippen molar-refractivity contribution in [2.75, 3.05) is 26.4 Å². The van der Waals surface area contributed by atoms with Gasteiger partial charge in [0.15, 0.2) is 5.16 Å². The first-order valence-corrected chi connectivity index (χ1v) is 6.47. The molecule has 96 valence electrons. The lowest BCUT2D eigenvalue weighted by molar-refractivity contribution is -0.128. The van der Waals surface area contributed by atoms with Gasteiger partial charge in [0, 0.05) is 39.4 Å². The molecule has 0 aromatic carbocycles. The molecule has 0 aliphatic heterocycles. The Bertz CT molecular complexity index is 377. The van der Waals surface area contributed by atoms with Crippen LogP contribution in [0.5, 0.6) is 0 Å². The van der Waals surface area contributed by atoms with Crippen LogP contribution in [0.2, 0.25) is 0 Å². The first kappa shape index (κ1) is 14.0. The summed E-state index contributed by atoms with van der Waals surface area (Å²) in [7, 11) is 3.52. The molecule has 0 atom stereocenters. The summed E-state index contributed by atoms with van der Waals surface area (Å²) in [5.74, 6) is 1.69. The van der Waals surface area contributed by atoms with E-state index in [0.29, 0.717) is 25.3 Å². The maximum absolute atomic E-state index is 11.4. The average Bonchev–Trinajstić information content (AvgIpc) is 2.61. The smallest absolute Gasteiger partial charge is 0.222 e. The van der Waals surface area contributed by atoms with Crippen molar-refractivity contribution in [2.24, 2.45) is 5.73 Å². The molecule has 0 spiro atoms. The molecular weight excluding hydrogens is 238 g/mol. The minimum Gasteiger partial charge on any atom is -0.349 e. The van der Waals surface area contributed by atoms with Crippen molar-refractivity contribution < 1.29 is 4.79 Å². The molecule has 1 amide bonds. The highest BCUT2D eigenvalue weighted by Gasteiger charge is 2.10. The van der Waals surface area contributed by atoms with Gasteiger partial charge in [-0.05, 0) is 6.92 Å². The summed E-state index contributed by atoms with van der Waals surface area (Å²) in [6.07, 6.45) is 0.506. The summed E-state index contributed by atoms with van der Waals surface area (Å²) < 4.78 is 1.98. The molecule has 17 heavy (non-hydrogen) atoms. The van der Waals surface area contributed by atoms with Gasteiger partial charge in [0.05, 0.1) is 0 Å². The number of thioether (sulfide) groups is 1. The number of aromatic nitrogens is 3. The zero-order valence-electron chi connectivity index (χ0n) is 10.5. The lowest BCUT2D eigenvalue weighted by atomic mass is 10.4. The molecule has 0 bridgehead atoms. The van der Waals surface area contributed by atoms with Gasteiger partial charge in [0.1, 0.15) is 5.82 Å². The van der Waals surface area contributed by atoms with Crippen LogP contribution in [0.3, 0.4) is 0 Å². The molecule has 0 aliphatic rings. The molecule has 0 radical (unpaired) electrons. The Morgan fingerprint density at radius 1 is 1.47 bits per heavy atom. The largest absolute Gasteiger partial charge is 0.349 e. The van der Waals surface area contributed by atoms with Gasteiger partial charge in [0.25, 0.3) is 0 Å². The summed E-state index contributed by atoms with van der Waals surface area (Å²) >= 11 is 1.54. The van der Waals surface area contributed by atoms with E-state index in [-0.39, 0.29) is 5.91 Å². The number of rotatable bonds is 6. The van der Waals surface area contributed by atoms with Crippen molar-refractivity contribution in [1.29, 1.82) is 0 Å². The van der Waals surface area contributed by atoms with Gasteiger partial charge in [-0.3, -0.25) is 4.79 Å². The minimum absolute atomic E-state index is 0.124. The topological polar surface area (TPSA) is 77.0 Å². The molecule has 0 unspecified atom stereocenters. The van der Waals surface area contributed by atoms with E-state index in [4.69, 9.17) is 5.73 Å². The summed E-state index contributed by atoms with van der Waals surface area (Å²) in [5, 5.41) is 8.91. The molecule has 1 aromatic rings. The van der Waals surface area contributed by atoms with Crippen LogP contribution in [0.1, 0.15) is 12.2 Å². The number of nitrogens with two attached hydrogens (primary N) is 1. The monoisotopic (exact) mass is 257 g/mol. The highest BCUT2D eigenvalue weighted by Crippen LogP contribution is 2.17. The number of aryl methyl sites for hydroxylation is 1. The Balaban J connectivity index is 2.49. The number of carbonyl (C=O) groups is 1. The molecule has 0 saturated heterocycles. The van der Waals surface area contributed by atoms with Gasteiger partial charge in [0.2, 0.25) is 5.91 Å². The van der Waals surface area contributed by atoms with E-state index in [1.807, 2.05) is 11.5 Å². The Hall–Kier alpha value is -1.08. The van der Waals surface area contributed by atoms with Gasteiger partial charge in [-0.1, -0.05) is 11.8 Å². The summed E-state index contributed by atoms with van der Waals surface area (Å²) in [5.41, 5.74) is 5.53. The fourth-order valence-electron chi connectivity index (χ4n) is 1.31. The van der Waals surface area contributed by atoms with Gasteiger partial charge in [-0.25, -0.2) is 0 Å². The number of amides is 1. The second kappa shape index (κ2) is 6.61. The molecule has 0 saturated carbocycles. The fraction of sp³-hybridized carbons (Fsp3) is 0.700. The number of nitrogens with zero attached hydrogens (tertiary/aromatic N) is 4. The lowest BCUT2D eigenvalue weighted by Gasteiger charge is -2.10. The van der Waals surface area contributed by atoms with Crippen LogP contribution in [0, 0.1) is 6.92 Å². The predicted molar refractivity (Wildman–Crippen MR) is 67.8 cm³/mol. The van der Waals surface area contributed by atoms with Crippen molar-refractivity contribution in [1.82, 2.24) is 19.7 Å². The fourth-order valence-corrected chi connectivity index (χ4v) is 2.25. The normalized spacial score (nSPS) is 10.6. The minimum atomic E-state index is 0.124.